The molecule has 0 saturated heterocycles. The fourth-order valence-electron chi connectivity index (χ4n) is 1.25. The van der Waals surface area contributed by atoms with Crippen molar-refractivity contribution in [1.82, 2.24) is 9.55 Å². The quantitative estimate of drug-likeness (QED) is 0.701. The predicted octanol–water partition coefficient (Wildman–Crippen LogP) is -0.0223. The van der Waals surface area contributed by atoms with Crippen LogP contribution < -0.4 is 11.2 Å². The molecule has 0 aliphatic rings. The van der Waals surface area contributed by atoms with Gasteiger partial charge in [0.15, 0.2) is 0 Å². The van der Waals surface area contributed by atoms with Gasteiger partial charge in [0.05, 0.1) is 5.56 Å². The van der Waals surface area contributed by atoms with Gasteiger partial charge >= 0.3 is 5.69 Å². The Morgan fingerprint density at radius 1 is 1.43 bits per heavy atom. The van der Waals surface area contributed by atoms with Gasteiger partial charge < -0.3 is 5.11 Å². The summed E-state index contributed by atoms with van der Waals surface area (Å²) >= 11 is 0. The summed E-state index contributed by atoms with van der Waals surface area (Å²) in [6, 6.07) is 0. The zero-order chi connectivity index (χ0) is 10.9. The number of hydrogen-bond acceptors (Lipinski definition) is 3. The Kier molecular flexibility index (Phi) is 2.78. The van der Waals surface area contributed by atoms with Gasteiger partial charge in [0.2, 0.25) is 5.88 Å². The topological polar surface area (TPSA) is 75.1 Å². The van der Waals surface area contributed by atoms with Crippen molar-refractivity contribution in [3.05, 3.63) is 26.4 Å². The van der Waals surface area contributed by atoms with Crippen LogP contribution in [0.1, 0.15) is 19.4 Å². The van der Waals surface area contributed by atoms with Gasteiger partial charge in [-0.3, -0.25) is 14.3 Å². The number of nitrogens with zero attached hydrogens (tertiary/aromatic N) is 1. The summed E-state index contributed by atoms with van der Waals surface area (Å²) in [5.74, 6) is 0.00644. The summed E-state index contributed by atoms with van der Waals surface area (Å²) in [6.07, 6.45) is 0.454. The summed E-state index contributed by atoms with van der Waals surface area (Å²) in [5, 5.41) is 9.55. The number of aromatic nitrogens is 2. The maximum absolute atomic E-state index is 11.3. The number of nitrogens with one attached hydrogen (secondary N) is 1. The molecule has 0 aromatic carbocycles. The Morgan fingerprint density at radius 2 is 2.00 bits per heavy atom. The summed E-state index contributed by atoms with van der Waals surface area (Å²) in [4.78, 5) is 24.5. The highest BCUT2D eigenvalue weighted by Gasteiger charge is 2.12. The average Bonchev–Trinajstić information content (AvgIpc) is 2.09. The van der Waals surface area contributed by atoms with Crippen LogP contribution in [0.2, 0.25) is 0 Å². The van der Waals surface area contributed by atoms with E-state index < -0.39 is 11.2 Å². The molecule has 0 aliphatic heterocycles. The summed E-state index contributed by atoms with van der Waals surface area (Å²) < 4.78 is 1.03. The smallest absolute Gasteiger partial charge is 0.330 e. The molecule has 0 fully saturated rings. The second-order valence-electron chi connectivity index (χ2n) is 3.72. The highest BCUT2D eigenvalue weighted by molar-refractivity contribution is 5.22. The first-order valence-electron chi connectivity index (χ1n) is 4.44. The molecule has 0 unspecified atom stereocenters. The van der Waals surface area contributed by atoms with E-state index in [2.05, 4.69) is 4.98 Å². The van der Waals surface area contributed by atoms with Crippen molar-refractivity contribution in [2.45, 2.75) is 20.3 Å². The van der Waals surface area contributed by atoms with Crippen LogP contribution in [0.3, 0.4) is 0 Å². The van der Waals surface area contributed by atoms with Gasteiger partial charge in [-0.2, -0.15) is 0 Å². The first kappa shape index (κ1) is 10.6. The van der Waals surface area contributed by atoms with Crippen LogP contribution in [-0.4, -0.2) is 14.7 Å². The summed E-state index contributed by atoms with van der Waals surface area (Å²) in [6.45, 7) is 3.87. The Hall–Kier alpha value is -1.52. The first-order valence-corrected chi connectivity index (χ1v) is 4.44. The van der Waals surface area contributed by atoms with Crippen molar-refractivity contribution < 1.29 is 5.11 Å². The molecular formula is C9H14N2O3. The molecule has 0 aliphatic carbocycles. The highest BCUT2D eigenvalue weighted by Crippen LogP contribution is 2.12. The standard InChI is InChI=1S/C9H14N2O3/c1-5(2)4-6-7(12)10-9(14)11(3)8(6)13/h5,13H,4H2,1-3H3,(H,10,12,14). The second-order valence-corrected chi connectivity index (χ2v) is 3.72. The molecule has 0 saturated carbocycles. The lowest BCUT2D eigenvalue weighted by molar-refractivity contribution is 0.405. The number of hydrogen-bond donors (Lipinski definition) is 2. The highest BCUT2D eigenvalue weighted by atomic mass is 16.3. The molecule has 5 nitrogen and oxygen atoms in total. The van der Waals surface area contributed by atoms with E-state index in [1.54, 1.807) is 0 Å². The van der Waals surface area contributed by atoms with Crippen molar-refractivity contribution >= 4 is 0 Å². The Labute approximate surface area is 81.0 Å². The van der Waals surface area contributed by atoms with E-state index in [-0.39, 0.29) is 17.4 Å². The molecule has 0 bridgehead atoms. The lowest BCUT2D eigenvalue weighted by Gasteiger charge is -2.08. The Balaban J connectivity index is 3.37. The lowest BCUT2D eigenvalue weighted by Crippen LogP contribution is -2.31. The third-order valence-electron chi connectivity index (χ3n) is 2.00. The third kappa shape index (κ3) is 1.86. The van der Waals surface area contributed by atoms with Gasteiger partial charge in [0.25, 0.3) is 5.56 Å². The molecule has 1 heterocycles. The number of rotatable bonds is 2. The largest absolute Gasteiger partial charge is 0.494 e. The van der Waals surface area contributed by atoms with Gasteiger partial charge in [-0.25, -0.2) is 4.79 Å². The number of H-pyrrole nitrogens is 1. The van der Waals surface area contributed by atoms with E-state index in [4.69, 9.17) is 0 Å². The van der Waals surface area contributed by atoms with E-state index in [0.717, 1.165) is 4.57 Å². The predicted molar refractivity (Wildman–Crippen MR) is 52.5 cm³/mol. The van der Waals surface area contributed by atoms with Crippen molar-refractivity contribution in [3.8, 4) is 5.88 Å². The normalized spacial score (nSPS) is 10.9. The van der Waals surface area contributed by atoms with Crippen molar-refractivity contribution in [2.24, 2.45) is 13.0 Å². The summed E-state index contributed by atoms with van der Waals surface area (Å²) in [5.41, 5.74) is -0.832. The second kappa shape index (κ2) is 3.69. The zero-order valence-corrected chi connectivity index (χ0v) is 8.50. The zero-order valence-electron chi connectivity index (χ0n) is 8.50. The minimum absolute atomic E-state index is 0.243. The molecule has 14 heavy (non-hydrogen) atoms. The molecule has 1 aromatic rings. The first-order chi connectivity index (χ1) is 6.43. The van der Waals surface area contributed by atoms with Crippen LogP contribution in [0.15, 0.2) is 9.59 Å². The van der Waals surface area contributed by atoms with E-state index in [1.807, 2.05) is 13.8 Å². The maximum atomic E-state index is 11.3. The van der Waals surface area contributed by atoms with Crippen LogP contribution in [0, 0.1) is 5.92 Å². The van der Waals surface area contributed by atoms with Crippen LogP contribution in [-0.2, 0) is 13.5 Å². The fourth-order valence-corrected chi connectivity index (χ4v) is 1.25. The van der Waals surface area contributed by atoms with E-state index in [1.165, 1.54) is 7.05 Å². The molecule has 0 amide bonds. The molecular weight excluding hydrogens is 184 g/mol. The van der Waals surface area contributed by atoms with E-state index in [0.29, 0.717) is 6.42 Å². The number of aromatic amines is 1. The van der Waals surface area contributed by atoms with Crippen molar-refractivity contribution in [3.63, 3.8) is 0 Å². The van der Waals surface area contributed by atoms with E-state index in [9.17, 15) is 14.7 Å². The molecule has 2 N–H and O–H groups in total. The minimum atomic E-state index is -0.597. The SMILES string of the molecule is CC(C)Cc1c(O)n(C)c(=O)[nH]c1=O. The van der Waals surface area contributed by atoms with Crippen LogP contribution >= 0.6 is 0 Å². The Bertz CT molecular complexity index is 442. The molecule has 0 spiro atoms. The van der Waals surface area contributed by atoms with Crippen molar-refractivity contribution in [2.75, 3.05) is 0 Å². The summed E-state index contributed by atoms with van der Waals surface area (Å²) in [7, 11) is 1.41. The van der Waals surface area contributed by atoms with Gasteiger partial charge in [-0.1, -0.05) is 13.8 Å². The molecule has 1 rings (SSSR count). The maximum Gasteiger partial charge on any atom is 0.330 e. The van der Waals surface area contributed by atoms with E-state index >= 15 is 0 Å². The van der Waals surface area contributed by atoms with Gasteiger partial charge in [0, 0.05) is 7.05 Å². The van der Waals surface area contributed by atoms with Crippen LogP contribution in [0.25, 0.3) is 0 Å². The third-order valence-corrected chi connectivity index (χ3v) is 2.00. The van der Waals surface area contributed by atoms with Crippen molar-refractivity contribution in [1.29, 1.82) is 0 Å². The van der Waals surface area contributed by atoms with Crippen LogP contribution in [0.4, 0.5) is 0 Å². The van der Waals surface area contributed by atoms with Gasteiger partial charge in [-0.05, 0) is 12.3 Å². The molecule has 78 valence electrons. The number of aromatic hydroxyl groups is 1. The molecule has 5 heteroatoms. The minimum Gasteiger partial charge on any atom is -0.494 e. The van der Waals surface area contributed by atoms with Gasteiger partial charge in [-0.15, -0.1) is 0 Å². The Morgan fingerprint density at radius 3 is 2.50 bits per heavy atom. The van der Waals surface area contributed by atoms with Gasteiger partial charge in [0.1, 0.15) is 0 Å². The molecule has 0 radical (unpaired) electrons. The van der Waals surface area contributed by atoms with Crippen LogP contribution in [0.5, 0.6) is 5.88 Å². The molecule has 0 atom stereocenters. The average molecular weight is 198 g/mol. The molecule has 1 aromatic heterocycles. The lowest BCUT2D eigenvalue weighted by atomic mass is 10.1. The monoisotopic (exact) mass is 198 g/mol. The fraction of sp³-hybridized carbons (Fsp3) is 0.556.